The van der Waals surface area contributed by atoms with Crippen molar-refractivity contribution >= 4 is 56.9 Å². The van der Waals surface area contributed by atoms with Crippen molar-refractivity contribution in [3.63, 3.8) is 0 Å². The van der Waals surface area contributed by atoms with Gasteiger partial charge in [-0.2, -0.15) is 0 Å². The molecule has 1 unspecified atom stereocenters. The van der Waals surface area contributed by atoms with E-state index in [1.807, 2.05) is 37.3 Å². The maximum Gasteiger partial charge on any atom is 0.313 e. The minimum atomic E-state index is -1.40. The highest BCUT2D eigenvalue weighted by Crippen LogP contribution is 2.61. The highest BCUT2D eigenvalue weighted by atomic mass is 79.9. The van der Waals surface area contributed by atoms with Crippen molar-refractivity contribution in [1.82, 2.24) is 10.2 Å². The molecule has 49 heavy (non-hydrogen) atoms. The molecule has 3 fully saturated rings. The molecule has 0 saturated carbocycles. The van der Waals surface area contributed by atoms with Crippen LogP contribution in [-0.2, 0) is 28.7 Å². The number of benzene rings is 2. The van der Waals surface area contributed by atoms with Crippen molar-refractivity contribution < 1.29 is 33.8 Å². The number of amides is 3. The first-order valence-corrected chi connectivity index (χ1v) is 17.9. The van der Waals surface area contributed by atoms with Gasteiger partial charge in [-0.15, -0.1) is 13.2 Å². The number of rotatable bonds is 15. The number of carbonyl (C=O) groups excluding carboxylic acids is 4. The summed E-state index contributed by atoms with van der Waals surface area (Å²) >= 11 is 10.3. The quantitative estimate of drug-likeness (QED) is 0.147. The summed E-state index contributed by atoms with van der Waals surface area (Å²) in [5, 5.41) is 13.7. The molecule has 12 heteroatoms. The number of hydrogen-bond donors (Lipinski definition) is 2. The summed E-state index contributed by atoms with van der Waals surface area (Å²) in [6, 6.07) is 13.5. The monoisotopic (exact) mass is 755 g/mol. The molecule has 10 nitrogen and oxygen atoms in total. The van der Waals surface area contributed by atoms with E-state index >= 15 is 0 Å². The average molecular weight is 757 g/mol. The lowest BCUT2D eigenvalue weighted by Gasteiger charge is -2.39. The zero-order valence-corrected chi connectivity index (χ0v) is 30.0. The van der Waals surface area contributed by atoms with E-state index in [2.05, 4.69) is 34.4 Å². The van der Waals surface area contributed by atoms with Crippen LogP contribution in [0.2, 0.25) is 5.02 Å². The Bertz CT molecular complexity index is 1570. The molecule has 3 amide bonds. The summed E-state index contributed by atoms with van der Waals surface area (Å²) in [6.45, 7) is 10.8. The van der Waals surface area contributed by atoms with Crippen molar-refractivity contribution in [2.75, 3.05) is 18.1 Å². The molecule has 2 aromatic rings. The molecule has 2 aromatic carbocycles. The van der Waals surface area contributed by atoms with E-state index in [-0.39, 0.29) is 30.1 Å². The van der Waals surface area contributed by atoms with Crippen molar-refractivity contribution in [3.8, 4) is 0 Å². The summed E-state index contributed by atoms with van der Waals surface area (Å²) in [5.74, 6) is -3.92. The van der Waals surface area contributed by atoms with Crippen LogP contribution in [-0.4, -0.2) is 81.5 Å². The van der Waals surface area contributed by atoms with Gasteiger partial charge in [-0.25, -0.2) is 0 Å². The van der Waals surface area contributed by atoms with Crippen LogP contribution in [0.4, 0.5) is 5.69 Å². The number of allylic oxidation sites excluding steroid dienone is 1. The normalized spacial score (nSPS) is 27.2. The predicted octanol–water partition coefficient (Wildman–Crippen LogP) is 5.13. The third kappa shape index (κ3) is 6.82. The Morgan fingerprint density at radius 2 is 1.88 bits per heavy atom. The lowest BCUT2D eigenvalue weighted by Crippen LogP contribution is -2.59. The summed E-state index contributed by atoms with van der Waals surface area (Å²) in [7, 11) is 0. The van der Waals surface area contributed by atoms with E-state index in [1.54, 1.807) is 43.3 Å². The molecule has 3 aliphatic rings. The van der Waals surface area contributed by atoms with E-state index in [1.165, 1.54) is 9.80 Å². The van der Waals surface area contributed by atoms with Crippen molar-refractivity contribution in [2.45, 2.75) is 80.3 Å². The van der Waals surface area contributed by atoms with Gasteiger partial charge in [0.25, 0.3) is 5.91 Å². The number of likely N-dealkylation sites (tertiary alicyclic amines) is 1. The van der Waals surface area contributed by atoms with Crippen LogP contribution in [0.25, 0.3) is 0 Å². The largest absolute Gasteiger partial charge is 0.455 e. The zero-order valence-electron chi connectivity index (χ0n) is 27.7. The second-order valence-corrected chi connectivity index (χ2v) is 14.4. The second kappa shape index (κ2) is 15.6. The fourth-order valence-corrected chi connectivity index (χ4v) is 8.80. The molecule has 3 aliphatic heterocycles. The molecule has 1 spiro atoms. The maximum atomic E-state index is 14.8. The summed E-state index contributed by atoms with van der Waals surface area (Å²) in [4.78, 5) is 59.0. The smallest absolute Gasteiger partial charge is 0.313 e. The average Bonchev–Trinajstić information content (AvgIpc) is 3.69. The Balaban J connectivity index is 1.53. The number of esters is 1. The standard InChI is InChI=1S/C37H43BrClN3O7/c1-5-8-18-28(44)40-22(4)31(23-14-10-9-11-15-23)48-36(47)29-30-34(45)42(24(7-3)21-43)33(37(30)20-25(38)32(29)49-37)35(46)41(19-6-2)27-17-13-12-16-26(27)39/h5-6,9-17,22,24-25,29-33,43H,1-2,7-8,18-21H2,3-4H3,(H,40,44)/t22-,24-,25?,29+,30-,31-,32+,33+,37-/m0/s1. The lowest BCUT2D eigenvalue weighted by atomic mass is 9.70. The predicted molar refractivity (Wildman–Crippen MR) is 190 cm³/mol. The molecule has 3 saturated heterocycles. The third-order valence-corrected chi connectivity index (χ3v) is 11.0. The Labute approximate surface area is 300 Å². The highest BCUT2D eigenvalue weighted by molar-refractivity contribution is 9.09. The van der Waals surface area contributed by atoms with Gasteiger partial charge < -0.3 is 29.7 Å². The first-order valence-electron chi connectivity index (χ1n) is 16.6. The van der Waals surface area contributed by atoms with Gasteiger partial charge in [0.05, 0.1) is 47.3 Å². The van der Waals surface area contributed by atoms with Gasteiger partial charge in [-0.05, 0) is 43.9 Å². The van der Waals surface area contributed by atoms with Crippen LogP contribution in [0.1, 0.15) is 51.2 Å². The van der Waals surface area contributed by atoms with Crippen LogP contribution >= 0.6 is 27.5 Å². The van der Waals surface area contributed by atoms with Crippen LogP contribution in [0.15, 0.2) is 79.9 Å². The van der Waals surface area contributed by atoms with E-state index in [4.69, 9.17) is 21.1 Å². The van der Waals surface area contributed by atoms with Crippen molar-refractivity contribution in [3.05, 3.63) is 90.5 Å². The number of fused-ring (bicyclic) bond motifs is 1. The Kier molecular flexibility index (Phi) is 11.7. The summed E-state index contributed by atoms with van der Waals surface area (Å²) in [6.07, 6.45) is 2.95. The molecular formula is C37H43BrClN3O7. The minimum Gasteiger partial charge on any atom is -0.455 e. The Morgan fingerprint density at radius 3 is 2.51 bits per heavy atom. The van der Waals surface area contributed by atoms with Crippen LogP contribution < -0.4 is 10.2 Å². The molecular weight excluding hydrogens is 714 g/mol. The molecule has 0 aliphatic carbocycles. The molecule has 5 rings (SSSR count). The van der Waals surface area contributed by atoms with E-state index in [0.717, 1.165) is 0 Å². The molecule has 9 atom stereocenters. The first kappa shape index (κ1) is 36.8. The fraction of sp³-hybridized carbons (Fsp3) is 0.459. The Hall–Kier alpha value is -3.51. The highest BCUT2D eigenvalue weighted by Gasteiger charge is 2.77. The molecule has 0 radical (unpaired) electrons. The van der Waals surface area contributed by atoms with Gasteiger partial charge in [0.2, 0.25) is 11.8 Å². The number of ether oxygens (including phenoxy) is 2. The number of alkyl halides is 1. The molecule has 0 aromatic heterocycles. The fourth-order valence-electron chi connectivity index (χ4n) is 7.62. The molecule has 2 bridgehead atoms. The van der Waals surface area contributed by atoms with E-state index in [0.29, 0.717) is 29.1 Å². The summed E-state index contributed by atoms with van der Waals surface area (Å²) < 4.78 is 12.9. The van der Waals surface area contributed by atoms with E-state index < -0.39 is 72.2 Å². The van der Waals surface area contributed by atoms with Gasteiger partial charge in [0, 0.05) is 17.8 Å². The molecule has 3 heterocycles. The number of nitrogens with one attached hydrogen (secondary N) is 1. The van der Waals surface area contributed by atoms with E-state index in [9.17, 15) is 24.3 Å². The van der Waals surface area contributed by atoms with Crippen molar-refractivity contribution in [1.29, 1.82) is 0 Å². The second-order valence-electron chi connectivity index (χ2n) is 12.8. The van der Waals surface area contributed by atoms with Crippen LogP contribution in [0, 0.1) is 11.8 Å². The lowest BCUT2D eigenvalue weighted by molar-refractivity contribution is -0.162. The minimum absolute atomic E-state index is 0.0968. The number of aliphatic hydroxyl groups is 1. The van der Waals surface area contributed by atoms with Crippen LogP contribution in [0.3, 0.4) is 0 Å². The number of anilines is 1. The number of halogens is 2. The number of nitrogens with zero attached hydrogens (tertiary/aromatic N) is 2. The molecule has 2 N–H and O–H groups in total. The number of para-hydroxylation sites is 1. The third-order valence-electron chi connectivity index (χ3n) is 9.82. The molecule has 262 valence electrons. The van der Waals surface area contributed by atoms with Gasteiger partial charge in [-0.1, -0.05) is 89.1 Å². The zero-order chi connectivity index (χ0) is 35.5. The first-order chi connectivity index (χ1) is 23.5. The summed E-state index contributed by atoms with van der Waals surface area (Å²) in [5.41, 5.74) is -0.292. The topological polar surface area (TPSA) is 125 Å². The Morgan fingerprint density at radius 1 is 1.18 bits per heavy atom. The number of aliphatic hydroxyl groups excluding tert-OH is 1. The van der Waals surface area contributed by atoms with Gasteiger partial charge in [0.1, 0.15) is 17.7 Å². The van der Waals surface area contributed by atoms with Crippen molar-refractivity contribution in [2.24, 2.45) is 11.8 Å². The SMILES string of the molecule is C=CCCC(=O)N[C@@H](C)[C@H](OC(=O)[C@H]1[C@@H]2O[C@@]3(CC2Br)[C@@H]1C(=O)N([C@@H](CC)CO)[C@@H]3C(=O)N(CC=C)c1ccccc1Cl)c1ccccc1. The van der Waals surface area contributed by atoms with Gasteiger partial charge >= 0.3 is 5.97 Å². The number of hydrogen-bond acceptors (Lipinski definition) is 7. The maximum absolute atomic E-state index is 14.8. The van der Waals surface area contributed by atoms with Gasteiger partial charge in [0.15, 0.2) is 0 Å². The van der Waals surface area contributed by atoms with Crippen LogP contribution in [0.5, 0.6) is 0 Å². The number of carbonyl (C=O) groups is 4. The van der Waals surface area contributed by atoms with Gasteiger partial charge in [-0.3, -0.25) is 19.2 Å².